The first-order valence-electron chi connectivity index (χ1n) is 4.34. The zero-order valence-electron chi connectivity index (χ0n) is 7.74. The largest absolute Gasteiger partial charge is 0.384 e. The number of benzene rings is 1. The van der Waals surface area contributed by atoms with E-state index in [1.54, 1.807) is 0 Å². The molecule has 0 radical (unpaired) electrons. The number of pyridine rings is 1. The first kappa shape index (κ1) is 9.58. The summed E-state index contributed by atoms with van der Waals surface area (Å²) < 4.78 is 26.1. The summed E-state index contributed by atoms with van der Waals surface area (Å²) in [6.45, 7) is 0. The molecule has 0 aliphatic rings. The average Bonchev–Trinajstić information content (AvgIpc) is 2.20. The van der Waals surface area contributed by atoms with Crippen LogP contribution in [0.4, 0.5) is 14.6 Å². The molecule has 0 spiro atoms. The van der Waals surface area contributed by atoms with Gasteiger partial charge in [0, 0.05) is 17.8 Å². The molecule has 1 heterocycles. The summed E-state index contributed by atoms with van der Waals surface area (Å²) in [4.78, 5) is 3.78. The van der Waals surface area contributed by atoms with Crippen LogP contribution in [0.25, 0.3) is 11.1 Å². The van der Waals surface area contributed by atoms with Gasteiger partial charge in [-0.1, -0.05) is 12.1 Å². The van der Waals surface area contributed by atoms with Crippen molar-refractivity contribution in [1.29, 1.82) is 0 Å². The molecule has 0 amide bonds. The molecule has 0 aliphatic heterocycles. The van der Waals surface area contributed by atoms with Crippen molar-refractivity contribution < 1.29 is 8.78 Å². The van der Waals surface area contributed by atoms with Gasteiger partial charge >= 0.3 is 0 Å². The number of nitrogens with two attached hydrogens (primary N) is 1. The fraction of sp³-hybridized carbons (Fsp3) is 0. The second kappa shape index (κ2) is 3.65. The van der Waals surface area contributed by atoms with E-state index in [-0.39, 0.29) is 11.6 Å². The molecule has 2 rings (SSSR count). The lowest BCUT2D eigenvalue weighted by Gasteiger charge is -2.03. The Labute approximate surface area is 85.4 Å². The highest BCUT2D eigenvalue weighted by Crippen LogP contribution is 2.22. The van der Waals surface area contributed by atoms with Crippen LogP contribution in [0.2, 0.25) is 0 Å². The Morgan fingerprint density at radius 1 is 1.07 bits per heavy atom. The number of hydrogen-bond acceptors (Lipinski definition) is 2. The van der Waals surface area contributed by atoms with Crippen LogP contribution in [0, 0.1) is 11.6 Å². The maximum Gasteiger partial charge on any atom is 0.136 e. The van der Waals surface area contributed by atoms with E-state index in [9.17, 15) is 8.78 Å². The second-order valence-electron chi connectivity index (χ2n) is 3.10. The Kier molecular flexibility index (Phi) is 2.33. The molecular formula is C11H8F2N2. The van der Waals surface area contributed by atoms with E-state index >= 15 is 0 Å². The van der Waals surface area contributed by atoms with E-state index in [0.717, 1.165) is 6.07 Å². The molecule has 2 nitrogen and oxygen atoms in total. The van der Waals surface area contributed by atoms with Gasteiger partial charge < -0.3 is 5.73 Å². The van der Waals surface area contributed by atoms with Crippen molar-refractivity contribution in [3.05, 3.63) is 48.2 Å². The maximum absolute atomic E-state index is 13.4. The third-order valence-electron chi connectivity index (χ3n) is 2.03. The third kappa shape index (κ3) is 1.93. The van der Waals surface area contributed by atoms with Crippen LogP contribution in [0.3, 0.4) is 0 Å². The van der Waals surface area contributed by atoms with Gasteiger partial charge in [-0.05, 0) is 17.7 Å². The van der Waals surface area contributed by atoms with Crippen LogP contribution < -0.4 is 5.73 Å². The highest BCUT2D eigenvalue weighted by molar-refractivity contribution is 5.64. The standard InChI is InChI=1S/C11H8F2N2/c12-8-3-1-7(2-4-8)9-6-15-11(14)5-10(9)13/h1-6H,(H2,14,15). The van der Waals surface area contributed by atoms with Crippen LogP contribution in [-0.2, 0) is 0 Å². The predicted octanol–water partition coefficient (Wildman–Crippen LogP) is 2.61. The van der Waals surface area contributed by atoms with Crippen LogP contribution in [-0.4, -0.2) is 4.98 Å². The molecule has 2 aromatic rings. The van der Waals surface area contributed by atoms with Gasteiger partial charge in [0.25, 0.3) is 0 Å². The third-order valence-corrected chi connectivity index (χ3v) is 2.03. The molecular weight excluding hydrogens is 198 g/mol. The van der Waals surface area contributed by atoms with E-state index in [0.29, 0.717) is 11.1 Å². The zero-order chi connectivity index (χ0) is 10.8. The van der Waals surface area contributed by atoms with Crippen LogP contribution in [0.5, 0.6) is 0 Å². The summed E-state index contributed by atoms with van der Waals surface area (Å²) in [6, 6.07) is 6.66. The number of halogens is 2. The van der Waals surface area contributed by atoms with Crippen molar-refractivity contribution in [1.82, 2.24) is 4.98 Å². The van der Waals surface area contributed by atoms with E-state index in [2.05, 4.69) is 4.98 Å². The summed E-state index contributed by atoms with van der Waals surface area (Å²) in [7, 11) is 0. The topological polar surface area (TPSA) is 38.9 Å². The normalized spacial score (nSPS) is 10.3. The average molecular weight is 206 g/mol. The Bertz CT molecular complexity index is 480. The fourth-order valence-corrected chi connectivity index (χ4v) is 1.29. The maximum atomic E-state index is 13.4. The van der Waals surface area contributed by atoms with Gasteiger partial charge in [0.15, 0.2) is 0 Å². The zero-order valence-corrected chi connectivity index (χ0v) is 7.74. The first-order valence-corrected chi connectivity index (χ1v) is 4.34. The van der Waals surface area contributed by atoms with Crippen molar-refractivity contribution in [2.24, 2.45) is 0 Å². The molecule has 4 heteroatoms. The van der Waals surface area contributed by atoms with Crippen molar-refractivity contribution in [2.45, 2.75) is 0 Å². The van der Waals surface area contributed by atoms with Gasteiger partial charge in [0.2, 0.25) is 0 Å². The summed E-state index contributed by atoms with van der Waals surface area (Å²) in [5.41, 5.74) is 6.20. The van der Waals surface area contributed by atoms with Gasteiger partial charge in [-0.25, -0.2) is 13.8 Å². The Morgan fingerprint density at radius 3 is 2.33 bits per heavy atom. The van der Waals surface area contributed by atoms with Crippen molar-refractivity contribution >= 4 is 5.82 Å². The number of nitrogens with zero attached hydrogens (tertiary/aromatic N) is 1. The van der Waals surface area contributed by atoms with Crippen LogP contribution in [0.15, 0.2) is 36.5 Å². The number of rotatable bonds is 1. The minimum atomic E-state index is -0.464. The molecule has 0 saturated carbocycles. The van der Waals surface area contributed by atoms with Gasteiger partial charge in [0.05, 0.1) is 0 Å². The summed E-state index contributed by atoms with van der Waals surface area (Å²) in [6.07, 6.45) is 1.33. The lowest BCUT2D eigenvalue weighted by atomic mass is 10.1. The molecule has 1 aromatic heterocycles. The molecule has 0 saturated heterocycles. The molecule has 1 aromatic carbocycles. The predicted molar refractivity (Wildman–Crippen MR) is 54.0 cm³/mol. The van der Waals surface area contributed by atoms with Crippen molar-refractivity contribution in [3.8, 4) is 11.1 Å². The van der Waals surface area contributed by atoms with E-state index in [1.165, 1.54) is 30.5 Å². The summed E-state index contributed by atoms with van der Waals surface area (Å²) >= 11 is 0. The first-order chi connectivity index (χ1) is 7.16. The number of nitrogen functional groups attached to an aromatic ring is 1. The molecule has 15 heavy (non-hydrogen) atoms. The fourth-order valence-electron chi connectivity index (χ4n) is 1.29. The van der Waals surface area contributed by atoms with Crippen molar-refractivity contribution in [3.63, 3.8) is 0 Å². The van der Waals surface area contributed by atoms with Gasteiger partial charge in [-0.15, -0.1) is 0 Å². The molecule has 76 valence electrons. The molecule has 0 unspecified atom stereocenters. The minimum Gasteiger partial charge on any atom is -0.384 e. The highest BCUT2D eigenvalue weighted by Gasteiger charge is 2.05. The molecule has 0 atom stereocenters. The van der Waals surface area contributed by atoms with Gasteiger partial charge in [0.1, 0.15) is 17.5 Å². The second-order valence-corrected chi connectivity index (χ2v) is 3.10. The monoisotopic (exact) mass is 206 g/mol. The van der Waals surface area contributed by atoms with E-state index < -0.39 is 5.82 Å². The SMILES string of the molecule is Nc1cc(F)c(-c2ccc(F)cc2)cn1. The summed E-state index contributed by atoms with van der Waals surface area (Å²) in [5, 5.41) is 0. The van der Waals surface area contributed by atoms with Gasteiger partial charge in [-0.3, -0.25) is 0 Å². The van der Waals surface area contributed by atoms with Gasteiger partial charge in [-0.2, -0.15) is 0 Å². The number of hydrogen-bond donors (Lipinski definition) is 1. The highest BCUT2D eigenvalue weighted by atomic mass is 19.1. The smallest absolute Gasteiger partial charge is 0.136 e. The van der Waals surface area contributed by atoms with E-state index in [4.69, 9.17) is 5.73 Å². The molecule has 2 N–H and O–H groups in total. The number of aromatic nitrogens is 1. The van der Waals surface area contributed by atoms with Crippen LogP contribution >= 0.6 is 0 Å². The number of anilines is 1. The minimum absolute atomic E-state index is 0.123. The Hall–Kier alpha value is -1.97. The lowest BCUT2D eigenvalue weighted by molar-refractivity contribution is 0.625. The molecule has 0 fully saturated rings. The Balaban J connectivity index is 2.49. The quantitative estimate of drug-likeness (QED) is 0.778. The molecule has 0 bridgehead atoms. The lowest BCUT2D eigenvalue weighted by Crippen LogP contribution is -1.93. The van der Waals surface area contributed by atoms with Crippen molar-refractivity contribution in [2.75, 3.05) is 5.73 Å². The van der Waals surface area contributed by atoms with E-state index in [1.807, 2.05) is 0 Å². The molecule has 0 aliphatic carbocycles. The Morgan fingerprint density at radius 2 is 1.73 bits per heavy atom. The summed E-state index contributed by atoms with van der Waals surface area (Å²) in [5.74, 6) is -0.699. The van der Waals surface area contributed by atoms with Crippen LogP contribution in [0.1, 0.15) is 0 Å².